The van der Waals surface area contributed by atoms with Crippen LogP contribution in [0.5, 0.6) is 0 Å². The molecule has 0 spiro atoms. The number of ether oxygens (including phenoxy) is 3. The highest BCUT2D eigenvalue weighted by Crippen LogP contribution is 2.31. The van der Waals surface area contributed by atoms with Gasteiger partial charge in [0, 0.05) is 32.5 Å². The van der Waals surface area contributed by atoms with E-state index in [-0.39, 0.29) is 24.0 Å². The molecule has 1 saturated carbocycles. The van der Waals surface area contributed by atoms with E-state index in [2.05, 4.69) is 11.8 Å². The number of hydrogen-bond donors (Lipinski definition) is 0. The molecule has 1 rings (SSSR count). The highest BCUT2D eigenvalue weighted by Gasteiger charge is 2.29. The third-order valence-corrected chi connectivity index (χ3v) is 7.57. The summed E-state index contributed by atoms with van der Waals surface area (Å²) in [5, 5.41) is 0. The second-order valence-electron chi connectivity index (χ2n) is 11.7. The van der Waals surface area contributed by atoms with Crippen LogP contribution in [0.1, 0.15) is 142 Å². The summed E-state index contributed by atoms with van der Waals surface area (Å²) in [6, 6.07) is 0. The van der Waals surface area contributed by atoms with Crippen molar-refractivity contribution in [1.29, 1.82) is 0 Å². The average molecular weight is 540 g/mol. The molecule has 0 N–H and O–H groups in total. The number of nitrogens with zero attached hydrogens (tertiary/aromatic N) is 1. The Balaban J connectivity index is 1.82. The van der Waals surface area contributed by atoms with Gasteiger partial charge in [0.05, 0.1) is 6.61 Å². The maximum Gasteiger partial charge on any atom is 0.306 e. The van der Waals surface area contributed by atoms with Crippen molar-refractivity contribution in [1.82, 2.24) is 4.90 Å². The maximum atomic E-state index is 12.1. The molecule has 1 fully saturated rings. The number of esters is 2. The van der Waals surface area contributed by atoms with E-state index in [1.165, 1.54) is 83.5 Å². The normalized spacial score (nSPS) is 17.3. The molecule has 1 aliphatic rings. The third-order valence-electron chi connectivity index (χ3n) is 7.57. The number of hydrogen-bond acceptors (Lipinski definition) is 6. The predicted molar refractivity (Wildman–Crippen MR) is 156 cm³/mol. The van der Waals surface area contributed by atoms with Gasteiger partial charge in [0.1, 0.15) is 6.10 Å². The Morgan fingerprint density at radius 2 is 1.26 bits per heavy atom. The van der Waals surface area contributed by atoms with Gasteiger partial charge in [-0.15, -0.1) is 0 Å². The summed E-state index contributed by atoms with van der Waals surface area (Å²) in [4.78, 5) is 26.2. The quantitative estimate of drug-likeness (QED) is 0.0823. The van der Waals surface area contributed by atoms with Gasteiger partial charge < -0.3 is 19.1 Å². The van der Waals surface area contributed by atoms with Crippen LogP contribution in [0.15, 0.2) is 0 Å². The Bertz CT molecular complexity index is 568. The van der Waals surface area contributed by atoms with Crippen molar-refractivity contribution in [2.45, 2.75) is 148 Å². The SMILES string of the molecule is CCCCCCCCCCCCCCCCOCCCOC(=O)CC1CCC(OC(=O)CCCN(C)C)C1. The number of rotatable bonds is 26. The van der Waals surface area contributed by atoms with E-state index in [1.807, 2.05) is 14.1 Å². The zero-order valence-electron chi connectivity index (χ0n) is 25.3. The molecule has 2 atom stereocenters. The zero-order chi connectivity index (χ0) is 27.7. The zero-order valence-corrected chi connectivity index (χ0v) is 25.3. The molecule has 0 heterocycles. The van der Waals surface area contributed by atoms with Crippen LogP contribution >= 0.6 is 0 Å². The van der Waals surface area contributed by atoms with E-state index in [0.717, 1.165) is 51.7 Å². The van der Waals surface area contributed by atoms with Gasteiger partial charge >= 0.3 is 11.9 Å². The minimum atomic E-state index is -0.139. The molecule has 0 bridgehead atoms. The number of carbonyl (C=O) groups is 2. The molecule has 0 aromatic carbocycles. The van der Waals surface area contributed by atoms with Crippen molar-refractivity contribution in [2.75, 3.05) is 40.5 Å². The Kier molecular flexibility index (Phi) is 22.8. The highest BCUT2D eigenvalue weighted by atomic mass is 16.5. The second-order valence-corrected chi connectivity index (χ2v) is 11.7. The summed E-state index contributed by atoms with van der Waals surface area (Å²) in [6.07, 6.45) is 24.1. The lowest BCUT2D eigenvalue weighted by atomic mass is 10.0. The van der Waals surface area contributed by atoms with Crippen molar-refractivity contribution in [3.05, 3.63) is 0 Å². The minimum absolute atomic E-state index is 0.0389. The van der Waals surface area contributed by atoms with E-state index in [0.29, 0.717) is 26.1 Å². The van der Waals surface area contributed by atoms with Gasteiger partial charge in [0.2, 0.25) is 0 Å². The van der Waals surface area contributed by atoms with Crippen LogP contribution in [0, 0.1) is 5.92 Å². The molecule has 38 heavy (non-hydrogen) atoms. The second kappa shape index (κ2) is 24.9. The summed E-state index contributed by atoms with van der Waals surface area (Å²) in [5.74, 6) is 0.00717. The fourth-order valence-corrected chi connectivity index (χ4v) is 5.25. The minimum Gasteiger partial charge on any atom is -0.466 e. The van der Waals surface area contributed by atoms with E-state index in [9.17, 15) is 9.59 Å². The van der Waals surface area contributed by atoms with Crippen LogP contribution in [-0.2, 0) is 23.8 Å². The van der Waals surface area contributed by atoms with Crippen molar-refractivity contribution in [3.8, 4) is 0 Å². The van der Waals surface area contributed by atoms with Gasteiger partial charge in [-0.05, 0) is 58.7 Å². The third kappa shape index (κ3) is 21.8. The monoisotopic (exact) mass is 539 g/mol. The topological polar surface area (TPSA) is 65.1 Å². The fourth-order valence-electron chi connectivity index (χ4n) is 5.25. The highest BCUT2D eigenvalue weighted by molar-refractivity contribution is 5.70. The lowest BCUT2D eigenvalue weighted by molar-refractivity contribution is -0.149. The summed E-state index contributed by atoms with van der Waals surface area (Å²) >= 11 is 0. The van der Waals surface area contributed by atoms with Crippen LogP contribution in [-0.4, -0.2) is 63.4 Å². The maximum absolute atomic E-state index is 12.1. The summed E-state index contributed by atoms with van der Waals surface area (Å²) in [5.41, 5.74) is 0. The summed E-state index contributed by atoms with van der Waals surface area (Å²) in [7, 11) is 4.00. The van der Waals surface area contributed by atoms with Gasteiger partial charge in [0.25, 0.3) is 0 Å². The fraction of sp³-hybridized carbons (Fsp3) is 0.938. The predicted octanol–water partition coefficient (Wildman–Crippen LogP) is 7.86. The van der Waals surface area contributed by atoms with Crippen LogP contribution in [0.4, 0.5) is 0 Å². The Morgan fingerprint density at radius 1 is 0.684 bits per heavy atom. The molecule has 0 saturated heterocycles. The van der Waals surface area contributed by atoms with E-state index in [1.54, 1.807) is 0 Å². The van der Waals surface area contributed by atoms with Crippen molar-refractivity contribution in [2.24, 2.45) is 5.92 Å². The first-order valence-electron chi connectivity index (χ1n) is 16.1. The van der Waals surface area contributed by atoms with Gasteiger partial charge in [-0.1, -0.05) is 90.4 Å². The lowest BCUT2D eigenvalue weighted by Gasteiger charge is -2.14. The van der Waals surface area contributed by atoms with Crippen molar-refractivity contribution < 1.29 is 23.8 Å². The molecule has 6 heteroatoms. The standard InChI is InChI=1S/C32H61NO5/c1-4-5-6-7-8-9-10-11-12-13-14-15-16-17-24-36-25-19-26-37-32(35)28-29-21-22-30(27-29)38-31(34)20-18-23-33(2)3/h29-30H,4-28H2,1-3H3. The molecule has 2 unspecified atom stereocenters. The van der Waals surface area contributed by atoms with Crippen molar-refractivity contribution >= 4 is 11.9 Å². The average Bonchev–Trinajstić information content (AvgIpc) is 3.31. The first kappa shape index (κ1) is 34.9. The van der Waals surface area contributed by atoms with Crippen LogP contribution < -0.4 is 0 Å². The van der Waals surface area contributed by atoms with E-state index >= 15 is 0 Å². The molecule has 0 aromatic rings. The molecular weight excluding hydrogens is 478 g/mol. The van der Waals surface area contributed by atoms with Crippen LogP contribution in [0.3, 0.4) is 0 Å². The lowest BCUT2D eigenvalue weighted by Crippen LogP contribution is -2.18. The summed E-state index contributed by atoms with van der Waals surface area (Å²) < 4.78 is 16.7. The van der Waals surface area contributed by atoms with E-state index in [4.69, 9.17) is 14.2 Å². The number of unbranched alkanes of at least 4 members (excludes halogenated alkanes) is 13. The molecule has 0 aliphatic heterocycles. The Hall–Kier alpha value is -1.14. The molecule has 6 nitrogen and oxygen atoms in total. The van der Waals surface area contributed by atoms with Crippen molar-refractivity contribution in [3.63, 3.8) is 0 Å². The molecule has 224 valence electrons. The number of carbonyl (C=O) groups excluding carboxylic acids is 2. The summed E-state index contributed by atoms with van der Waals surface area (Å²) in [6.45, 7) is 5.05. The first-order valence-corrected chi connectivity index (χ1v) is 16.1. The smallest absolute Gasteiger partial charge is 0.306 e. The Labute approximate surface area is 234 Å². The van der Waals surface area contributed by atoms with Gasteiger partial charge in [-0.2, -0.15) is 0 Å². The largest absolute Gasteiger partial charge is 0.466 e. The van der Waals surface area contributed by atoms with Gasteiger partial charge in [-0.3, -0.25) is 9.59 Å². The molecule has 1 aliphatic carbocycles. The molecular formula is C32H61NO5. The van der Waals surface area contributed by atoms with Gasteiger partial charge in [0.15, 0.2) is 0 Å². The molecule has 0 radical (unpaired) electrons. The molecule has 0 aromatic heterocycles. The Morgan fingerprint density at radius 3 is 1.87 bits per heavy atom. The van der Waals surface area contributed by atoms with E-state index < -0.39 is 0 Å². The van der Waals surface area contributed by atoms with Crippen LogP contribution in [0.2, 0.25) is 0 Å². The van der Waals surface area contributed by atoms with Gasteiger partial charge in [-0.25, -0.2) is 0 Å². The molecule has 0 amide bonds. The van der Waals surface area contributed by atoms with Crippen LogP contribution in [0.25, 0.3) is 0 Å². The first-order chi connectivity index (χ1) is 18.5.